The number of aryl methyl sites for hydroxylation is 1. The van der Waals surface area contributed by atoms with E-state index < -0.39 is 11.7 Å². The van der Waals surface area contributed by atoms with E-state index >= 15 is 0 Å². The standard InChI is InChI=1S/C36H33Br2FN4O5/c1-6-47-29-15-21(4)27(17-26(29)20(2)3)35-42-28-10-8-7-9-25(28)36(45)43(35)40-18-22-16-30(46-5)34(33(38)32(22)37)48-19-31(44)41-24-13-11-23(39)12-14-24/h7-18,20H,6,19H2,1-5H3,(H,41,44). The summed E-state index contributed by atoms with van der Waals surface area (Å²) >= 11 is 7.13. The molecule has 0 aliphatic rings. The monoisotopic (exact) mass is 778 g/mol. The molecule has 0 spiro atoms. The lowest BCUT2D eigenvalue weighted by Crippen LogP contribution is -2.21. The third-order valence-corrected chi connectivity index (χ3v) is 9.58. The number of methoxy groups -OCH3 is 1. The van der Waals surface area contributed by atoms with Crippen molar-refractivity contribution in [3.63, 3.8) is 0 Å². The number of ether oxygens (including phenoxy) is 3. The summed E-state index contributed by atoms with van der Waals surface area (Å²) in [4.78, 5) is 31.4. The molecule has 5 rings (SSSR count). The first-order valence-corrected chi connectivity index (χ1v) is 16.7. The quantitative estimate of drug-likeness (QED) is 0.135. The van der Waals surface area contributed by atoms with Gasteiger partial charge in [0.25, 0.3) is 11.5 Å². The number of carbonyl (C=O) groups is 1. The summed E-state index contributed by atoms with van der Waals surface area (Å²) in [6.45, 7) is 8.26. The van der Waals surface area contributed by atoms with Crippen LogP contribution in [0.2, 0.25) is 0 Å². The fourth-order valence-corrected chi connectivity index (χ4v) is 5.98. The van der Waals surface area contributed by atoms with Crippen LogP contribution in [0.1, 0.15) is 43.4 Å². The maximum Gasteiger partial charge on any atom is 0.282 e. The van der Waals surface area contributed by atoms with Crippen molar-refractivity contribution in [3.05, 3.63) is 109 Å². The number of hydrogen-bond donors (Lipinski definition) is 1. The van der Waals surface area contributed by atoms with Crippen molar-refractivity contribution in [3.8, 4) is 28.6 Å². The van der Waals surface area contributed by atoms with Gasteiger partial charge in [-0.15, -0.1) is 0 Å². The Morgan fingerprint density at radius 2 is 1.77 bits per heavy atom. The summed E-state index contributed by atoms with van der Waals surface area (Å²) in [5.74, 6) is 1.07. The number of anilines is 1. The third kappa shape index (κ3) is 7.44. The number of amides is 1. The van der Waals surface area contributed by atoms with Gasteiger partial charge in [0.2, 0.25) is 0 Å². The summed E-state index contributed by atoms with van der Waals surface area (Å²) in [6, 6.07) is 18.2. The van der Waals surface area contributed by atoms with E-state index in [1.165, 1.54) is 42.3 Å². The van der Waals surface area contributed by atoms with Crippen LogP contribution >= 0.6 is 31.9 Å². The second-order valence-corrected chi connectivity index (χ2v) is 12.7. The number of rotatable bonds is 11. The number of nitrogens with zero attached hydrogens (tertiary/aromatic N) is 3. The van der Waals surface area contributed by atoms with E-state index in [1.807, 2.05) is 32.0 Å². The Kier molecular flexibility index (Phi) is 11.0. The van der Waals surface area contributed by atoms with Gasteiger partial charge in [0.1, 0.15) is 11.6 Å². The van der Waals surface area contributed by atoms with Gasteiger partial charge in [0.15, 0.2) is 23.9 Å². The van der Waals surface area contributed by atoms with Crippen LogP contribution in [0, 0.1) is 12.7 Å². The fourth-order valence-electron chi connectivity index (χ4n) is 5.05. The fraction of sp³-hybridized carbons (Fsp3) is 0.222. The van der Waals surface area contributed by atoms with Crippen molar-refractivity contribution in [2.24, 2.45) is 5.10 Å². The van der Waals surface area contributed by atoms with Gasteiger partial charge in [0, 0.05) is 21.3 Å². The minimum atomic E-state index is -0.446. The topological polar surface area (TPSA) is 104 Å². The van der Waals surface area contributed by atoms with Gasteiger partial charge in [-0.3, -0.25) is 9.59 Å². The Hall–Kier alpha value is -4.55. The van der Waals surface area contributed by atoms with Gasteiger partial charge < -0.3 is 19.5 Å². The first kappa shape index (κ1) is 34.8. The van der Waals surface area contributed by atoms with Crippen molar-refractivity contribution in [1.29, 1.82) is 0 Å². The van der Waals surface area contributed by atoms with E-state index in [0.29, 0.717) is 49.3 Å². The molecule has 1 amide bonds. The zero-order chi connectivity index (χ0) is 34.5. The average molecular weight is 780 g/mol. The molecule has 0 radical (unpaired) electrons. The normalized spacial score (nSPS) is 11.4. The number of hydrogen-bond acceptors (Lipinski definition) is 7. The van der Waals surface area contributed by atoms with E-state index in [1.54, 1.807) is 24.3 Å². The molecule has 0 aliphatic carbocycles. The molecule has 1 aromatic heterocycles. The molecule has 48 heavy (non-hydrogen) atoms. The van der Waals surface area contributed by atoms with Crippen LogP contribution in [0.15, 0.2) is 85.6 Å². The number of aromatic nitrogens is 2. The SMILES string of the molecule is CCOc1cc(C)c(-c2nc3ccccc3c(=O)n2N=Cc2cc(OC)c(OCC(=O)Nc3ccc(F)cc3)c(Br)c2Br)cc1C(C)C. The van der Waals surface area contributed by atoms with Crippen molar-refractivity contribution < 1.29 is 23.4 Å². The molecule has 0 unspecified atom stereocenters. The Labute approximate surface area is 294 Å². The van der Waals surface area contributed by atoms with Gasteiger partial charge in [-0.2, -0.15) is 9.78 Å². The van der Waals surface area contributed by atoms with Crippen LogP contribution in [0.4, 0.5) is 10.1 Å². The van der Waals surface area contributed by atoms with Crippen molar-refractivity contribution in [1.82, 2.24) is 9.66 Å². The molecule has 0 atom stereocenters. The number of carbonyl (C=O) groups excluding carboxylic acids is 1. The summed E-state index contributed by atoms with van der Waals surface area (Å²) in [6.07, 6.45) is 1.52. The largest absolute Gasteiger partial charge is 0.494 e. The van der Waals surface area contributed by atoms with E-state index in [9.17, 15) is 14.0 Å². The lowest BCUT2D eigenvalue weighted by Gasteiger charge is -2.18. The van der Waals surface area contributed by atoms with Gasteiger partial charge in [-0.25, -0.2) is 9.37 Å². The highest BCUT2D eigenvalue weighted by molar-refractivity contribution is 9.13. The highest BCUT2D eigenvalue weighted by Gasteiger charge is 2.21. The lowest BCUT2D eigenvalue weighted by molar-refractivity contribution is -0.118. The zero-order valence-corrected chi connectivity index (χ0v) is 30.1. The van der Waals surface area contributed by atoms with Crippen molar-refractivity contribution in [2.75, 3.05) is 25.6 Å². The van der Waals surface area contributed by atoms with Crippen molar-refractivity contribution in [2.45, 2.75) is 33.6 Å². The van der Waals surface area contributed by atoms with Crippen LogP contribution in [-0.2, 0) is 4.79 Å². The molecule has 4 aromatic carbocycles. The molecule has 5 aromatic rings. The maximum atomic E-state index is 13.9. The minimum Gasteiger partial charge on any atom is -0.494 e. The zero-order valence-electron chi connectivity index (χ0n) is 26.9. The highest BCUT2D eigenvalue weighted by Crippen LogP contribution is 2.42. The molecule has 1 heterocycles. The summed E-state index contributed by atoms with van der Waals surface area (Å²) in [7, 11) is 1.47. The van der Waals surface area contributed by atoms with E-state index in [2.05, 4.69) is 56.1 Å². The predicted octanol–water partition coefficient (Wildman–Crippen LogP) is 8.47. The smallest absolute Gasteiger partial charge is 0.282 e. The van der Waals surface area contributed by atoms with Crippen molar-refractivity contribution >= 4 is 60.6 Å². The first-order valence-electron chi connectivity index (χ1n) is 15.1. The molecule has 1 N–H and O–H groups in total. The number of para-hydroxylation sites is 1. The van der Waals surface area contributed by atoms with Gasteiger partial charge in [0.05, 0.1) is 35.3 Å². The summed E-state index contributed by atoms with van der Waals surface area (Å²) in [5, 5.41) is 7.74. The van der Waals surface area contributed by atoms with Crippen LogP contribution in [-0.4, -0.2) is 42.1 Å². The maximum absolute atomic E-state index is 13.9. The number of fused-ring (bicyclic) bond motifs is 1. The molecule has 0 aliphatic heterocycles. The Morgan fingerprint density at radius 3 is 2.46 bits per heavy atom. The predicted molar refractivity (Wildman–Crippen MR) is 193 cm³/mol. The molecular weight excluding hydrogens is 747 g/mol. The minimum absolute atomic E-state index is 0.158. The number of benzene rings is 4. The summed E-state index contributed by atoms with van der Waals surface area (Å²) < 4.78 is 32.9. The molecule has 0 saturated heterocycles. The van der Waals surface area contributed by atoms with Gasteiger partial charge >= 0.3 is 0 Å². The Balaban J connectivity index is 1.54. The molecular formula is C36H33Br2FN4O5. The Morgan fingerprint density at radius 1 is 1.04 bits per heavy atom. The Bertz CT molecular complexity index is 2080. The first-order chi connectivity index (χ1) is 23.0. The molecule has 0 fully saturated rings. The van der Waals surface area contributed by atoms with Crippen LogP contribution in [0.25, 0.3) is 22.3 Å². The van der Waals surface area contributed by atoms with E-state index in [-0.39, 0.29) is 23.8 Å². The molecule has 12 heteroatoms. The second kappa shape index (κ2) is 15.1. The average Bonchev–Trinajstić information content (AvgIpc) is 3.06. The lowest BCUT2D eigenvalue weighted by atomic mass is 9.96. The van der Waals surface area contributed by atoms with E-state index in [0.717, 1.165) is 22.4 Å². The molecule has 248 valence electrons. The number of halogens is 3. The third-order valence-electron chi connectivity index (χ3n) is 7.44. The van der Waals surface area contributed by atoms with Crippen LogP contribution in [0.3, 0.4) is 0 Å². The van der Waals surface area contributed by atoms with Crippen LogP contribution in [0.5, 0.6) is 17.2 Å². The van der Waals surface area contributed by atoms with Crippen LogP contribution < -0.4 is 25.1 Å². The highest BCUT2D eigenvalue weighted by atomic mass is 79.9. The number of nitrogens with one attached hydrogen (secondary N) is 1. The van der Waals surface area contributed by atoms with Gasteiger partial charge in [-0.1, -0.05) is 26.0 Å². The second-order valence-electron chi connectivity index (χ2n) is 11.1. The van der Waals surface area contributed by atoms with E-state index in [4.69, 9.17) is 19.2 Å². The molecule has 0 bridgehead atoms. The molecule has 0 saturated carbocycles. The van der Waals surface area contributed by atoms with Gasteiger partial charge in [-0.05, 0) is 117 Å². The molecule has 9 nitrogen and oxygen atoms in total. The summed E-state index contributed by atoms with van der Waals surface area (Å²) in [5.41, 5.74) is 3.84.